The van der Waals surface area contributed by atoms with E-state index in [9.17, 15) is 18.0 Å². The summed E-state index contributed by atoms with van der Waals surface area (Å²) in [6.45, 7) is 6.66. The maximum atomic E-state index is 12.1. The summed E-state index contributed by atoms with van der Waals surface area (Å²) in [5.74, 6) is -2.42. The number of carboxylic acids is 1. The van der Waals surface area contributed by atoms with Crippen LogP contribution in [0.1, 0.15) is 48.8 Å². The molecular formula is C19H27F3N2O3S. The van der Waals surface area contributed by atoms with Crippen molar-refractivity contribution < 1.29 is 27.9 Å². The number of alkyl halides is 3. The van der Waals surface area contributed by atoms with Crippen molar-refractivity contribution in [2.75, 3.05) is 13.6 Å². The van der Waals surface area contributed by atoms with Gasteiger partial charge in [-0.2, -0.15) is 13.2 Å². The highest BCUT2D eigenvalue weighted by atomic mass is 32.1. The van der Waals surface area contributed by atoms with E-state index < -0.39 is 12.1 Å². The van der Waals surface area contributed by atoms with Gasteiger partial charge in [0.25, 0.3) is 0 Å². The van der Waals surface area contributed by atoms with E-state index in [-0.39, 0.29) is 5.54 Å². The number of carbonyl (C=O) groups is 2. The first kappa shape index (κ1) is 22.7. The largest absolute Gasteiger partial charge is 0.490 e. The number of likely N-dealkylation sites (tertiary alicyclic amines) is 2. The first-order valence-electron chi connectivity index (χ1n) is 9.37. The SMILES string of the molecule is CC[C@@H]1N(Cc2ccc(C)s2)CCC[C@]12CCC(=O)N2C.O=C(O)C(F)(F)F. The van der Waals surface area contributed by atoms with Gasteiger partial charge in [-0.05, 0) is 51.3 Å². The molecule has 2 aliphatic heterocycles. The van der Waals surface area contributed by atoms with Crippen molar-refractivity contribution in [1.29, 1.82) is 0 Å². The molecule has 5 nitrogen and oxygen atoms in total. The minimum atomic E-state index is -5.08. The molecule has 3 heterocycles. The van der Waals surface area contributed by atoms with Gasteiger partial charge < -0.3 is 10.0 Å². The zero-order chi connectivity index (χ0) is 21.1. The van der Waals surface area contributed by atoms with Crippen molar-refractivity contribution in [1.82, 2.24) is 9.80 Å². The first-order chi connectivity index (χ1) is 13.0. The van der Waals surface area contributed by atoms with Crippen molar-refractivity contribution >= 4 is 23.2 Å². The van der Waals surface area contributed by atoms with E-state index in [4.69, 9.17) is 9.90 Å². The van der Waals surface area contributed by atoms with Crippen LogP contribution in [-0.4, -0.2) is 58.1 Å². The lowest BCUT2D eigenvalue weighted by Gasteiger charge is -2.51. The van der Waals surface area contributed by atoms with E-state index in [1.54, 1.807) is 0 Å². The lowest BCUT2D eigenvalue weighted by Crippen LogP contribution is -2.61. The summed E-state index contributed by atoms with van der Waals surface area (Å²) in [7, 11) is 2.02. The molecule has 28 heavy (non-hydrogen) atoms. The summed E-state index contributed by atoms with van der Waals surface area (Å²) < 4.78 is 31.7. The predicted octanol–water partition coefficient (Wildman–Crippen LogP) is 4.06. The van der Waals surface area contributed by atoms with E-state index in [0.29, 0.717) is 11.9 Å². The molecule has 3 rings (SSSR count). The van der Waals surface area contributed by atoms with Gasteiger partial charge in [0.15, 0.2) is 0 Å². The Balaban J connectivity index is 0.000000345. The van der Waals surface area contributed by atoms with Crippen molar-refractivity contribution in [2.45, 2.75) is 70.3 Å². The summed E-state index contributed by atoms with van der Waals surface area (Å²) >= 11 is 1.90. The number of aliphatic carboxylic acids is 1. The molecule has 0 bridgehead atoms. The predicted molar refractivity (Wildman–Crippen MR) is 101 cm³/mol. The molecule has 0 unspecified atom stereocenters. The minimum Gasteiger partial charge on any atom is -0.475 e. The highest BCUT2D eigenvalue weighted by molar-refractivity contribution is 7.11. The number of carbonyl (C=O) groups excluding carboxylic acids is 1. The van der Waals surface area contributed by atoms with Crippen LogP contribution in [0, 0.1) is 6.92 Å². The second kappa shape index (κ2) is 8.82. The summed E-state index contributed by atoms with van der Waals surface area (Å²) in [6, 6.07) is 4.98. The fraction of sp³-hybridized carbons (Fsp3) is 0.684. The van der Waals surface area contributed by atoms with Crippen LogP contribution in [0.25, 0.3) is 0 Å². The number of amides is 1. The van der Waals surface area contributed by atoms with E-state index in [1.807, 2.05) is 18.4 Å². The third-order valence-electron chi connectivity index (χ3n) is 5.71. The average molecular weight is 420 g/mol. The van der Waals surface area contributed by atoms with Crippen LogP contribution in [0.2, 0.25) is 0 Å². The number of hydrogen-bond donors (Lipinski definition) is 1. The molecule has 9 heteroatoms. The molecule has 2 saturated heterocycles. The van der Waals surface area contributed by atoms with Gasteiger partial charge in [-0.3, -0.25) is 9.69 Å². The van der Waals surface area contributed by atoms with Crippen LogP contribution in [0.3, 0.4) is 0 Å². The second-order valence-electron chi connectivity index (χ2n) is 7.37. The molecule has 2 aliphatic rings. The fourth-order valence-electron chi connectivity index (χ4n) is 4.44. The second-order valence-corrected chi connectivity index (χ2v) is 8.74. The smallest absolute Gasteiger partial charge is 0.475 e. The molecule has 1 aromatic rings. The molecular weight excluding hydrogens is 393 g/mol. The summed E-state index contributed by atoms with van der Waals surface area (Å²) in [6.07, 6.45) is 0.202. The van der Waals surface area contributed by atoms with Crippen LogP contribution >= 0.6 is 11.3 Å². The van der Waals surface area contributed by atoms with Crippen LogP contribution < -0.4 is 0 Å². The number of hydrogen-bond acceptors (Lipinski definition) is 4. The van der Waals surface area contributed by atoms with Crippen molar-refractivity contribution in [3.63, 3.8) is 0 Å². The monoisotopic (exact) mass is 420 g/mol. The highest BCUT2D eigenvalue weighted by Crippen LogP contribution is 2.43. The van der Waals surface area contributed by atoms with E-state index in [2.05, 4.69) is 35.8 Å². The van der Waals surface area contributed by atoms with E-state index in [1.165, 1.54) is 29.1 Å². The molecule has 0 aromatic carbocycles. The van der Waals surface area contributed by atoms with Crippen LogP contribution in [0.15, 0.2) is 12.1 Å². The molecule has 1 N–H and O–H groups in total. The molecule has 158 valence electrons. The lowest BCUT2D eigenvalue weighted by molar-refractivity contribution is -0.192. The van der Waals surface area contributed by atoms with Crippen LogP contribution in [0.4, 0.5) is 13.2 Å². The van der Waals surface area contributed by atoms with Gasteiger partial charge in [-0.15, -0.1) is 11.3 Å². The standard InChI is InChI=1S/C17H26N2OS.C2HF3O2/c1-4-15-17(10-8-16(20)18(17)3)9-5-11-19(15)12-14-7-6-13(2)21-14;3-2(4,5)1(6)7/h6-7,15H,4-5,8-12H2,1-3H3;(H,6,7)/t15-,17-;/m0./s1. The zero-order valence-corrected chi connectivity index (χ0v) is 17.2. The molecule has 1 aromatic heterocycles. The lowest BCUT2D eigenvalue weighted by atomic mass is 9.77. The highest BCUT2D eigenvalue weighted by Gasteiger charge is 2.51. The summed E-state index contributed by atoms with van der Waals surface area (Å²) in [5.41, 5.74) is 0.0936. The third kappa shape index (κ3) is 4.86. The summed E-state index contributed by atoms with van der Waals surface area (Å²) in [4.78, 5) is 28.5. The third-order valence-corrected chi connectivity index (χ3v) is 6.70. The number of nitrogens with zero attached hydrogens (tertiary/aromatic N) is 2. The Hall–Kier alpha value is -1.61. The first-order valence-corrected chi connectivity index (χ1v) is 10.2. The Morgan fingerprint density at radius 1 is 1.36 bits per heavy atom. The Morgan fingerprint density at radius 2 is 2.00 bits per heavy atom. The van der Waals surface area contributed by atoms with Crippen LogP contribution in [0.5, 0.6) is 0 Å². The average Bonchev–Trinajstić information content (AvgIpc) is 3.14. The van der Waals surface area contributed by atoms with Crippen molar-refractivity contribution in [3.8, 4) is 0 Å². The van der Waals surface area contributed by atoms with Crippen LogP contribution in [-0.2, 0) is 16.1 Å². The number of rotatable bonds is 3. The maximum Gasteiger partial charge on any atom is 0.490 e. The Morgan fingerprint density at radius 3 is 2.43 bits per heavy atom. The number of thiophene rings is 1. The quantitative estimate of drug-likeness (QED) is 0.801. The van der Waals surface area contributed by atoms with Crippen molar-refractivity contribution in [2.24, 2.45) is 0 Å². The van der Waals surface area contributed by atoms with Crippen molar-refractivity contribution in [3.05, 3.63) is 21.9 Å². The Labute approximate surface area is 167 Å². The van der Waals surface area contributed by atoms with Gasteiger partial charge in [0.1, 0.15) is 0 Å². The minimum absolute atomic E-state index is 0.0936. The summed E-state index contributed by atoms with van der Waals surface area (Å²) in [5, 5.41) is 7.12. The van der Waals surface area contributed by atoms with Gasteiger partial charge in [0, 0.05) is 35.8 Å². The number of halogens is 3. The number of aryl methyl sites for hydroxylation is 1. The molecule has 2 atom stereocenters. The Kier molecular flexibility index (Phi) is 7.14. The van der Waals surface area contributed by atoms with Gasteiger partial charge in [-0.1, -0.05) is 6.92 Å². The molecule has 2 fully saturated rings. The molecule has 1 amide bonds. The van der Waals surface area contributed by atoms with Gasteiger partial charge in [-0.25, -0.2) is 4.79 Å². The van der Waals surface area contributed by atoms with Gasteiger partial charge in [0.05, 0.1) is 5.54 Å². The topological polar surface area (TPSA) is 60.9 Å². The van der Waals surface area contributed by atoms with Gasteiger partial charge >= 0.3 is 12.1 Å². The molecule has 1 spiro atoms. The fourth-order valence-corrected chi connectivity index (χ4v) is 5.35. The molecule has 0 aliphatic carbocycles. The molecule has 0 saturated carbocycles. The van der Waals surface area contributed by atoms with Gasteiger partial charge in [0.2, 0.25) is 5.91 Å². The van der Waals surface area contributed by atoms with E-state index in [0.717, 1.165) is 25.8 Å². The number of likely N-dealkylation sites (N-methyl/N-ethyl adjacent to an activating group) is 1. The molecule has 0 radical (unpaired) electrons. The zero-order valence-electron chi connectivity index (χ0n) is 16.4. The number of piperidine rings is 1. The number of carboxylic acid groups (broad SMARTS) is 1. The normalized spacial score (nSPS) is 25.7. The Bertz CT molecular complexity index is 707. The van der Waals surface area contributed by atoms with E-state index >= 15 is 0 Å². The maximum absolute atomic E-state index is 12.1.